The van der Waals surface area contributed by atoms with Gasteiger partial charge < -0.3 is 14.6 Å². The quantitative estimate of drug-likeness (QED) is 0.0390. The maximum Gasteiger partial charge on any atom is 0.306 e. The van der Waals surface area contributed by atoms with E-state index in [1.54, 1.807) is 0 Å². The standard InChI is InChI=1S/C48H82O4/c1-3-5-7-9-11-13-15-17-19-20-21-22-23-24-25-26-27-28-29-30-32-34-36-38-40-42-44-51-46-47(45-49)52-48(50)43-41-39-37-35-33-31-18-16-14-12-10-8-6-4-2/h5,7,10-13,16-19,21-22,24-25,47,49H,3-4,6,8-9,14-15,20,23,26-46H2,1-2H3/b7-5-,12-10-,13-11-,18-16-,19-17-,22-21-,25-24-. The van der Waals surface area contributed by atoms with E-state index in [1.165, 1.54) is 96.3 Å². The highest BCUT2D eigenvalue weighted by Gasteiger charge is 2.13. The minimum absolute atomic E-state index is 0.183. The van der Waals surface area contributed by atoms with E-state index in [4.69, 9.17) is 9.47 Å². The van der Waals surface area contributed by atoms with Crippen molar-refractivity contribution in [3.63, 3.8) is 0 Å². The number of unbranched alkanes of at least 4 members (excludes halogenated alkanes) is 17. The van der Waals surface area contributed by atoms with E-state index in [0.717, 1.165) is 70.6 Å². The van der Waals surface area contributed by atoms with Gasteiger partial charge in [0, 0.05) is 13.0 Å². The number of esters is 1. The molecule has 0 aromatic rings. The van der Waals surface area contributed by atoms with Gasteiger partial charge in [0.25, 0.3) is 0 Å². The van der Waals surface area contributed by atoms with Crippen molar-refractivity contribution in [2.75, 3.05) is 19.8 Å². The van der Waals surface area contributed by atoms with Crippen LogP contribution in [0.5, 0.6) is 0 Å². The Morgan fingerprint density at radius 2 is 0.865 bits per heavy atom. The first kappa shape index (κ1) is 49.6. The Morgan fingerprint density at radius 1 is 0.481 bits per heavy atom. The van der Waals surface area contributed by atoms with Gasteiger partial charge in [0.15, 0.2) is 0 Å². The maximum atomic E-state index is 12.2. The molecule has 1 unspecified atom stereocenters. The second-order valence-electron chi connectivity index (χ2n) is 14.0. The Labute approximate surface area is 322 Å². The second-order valence-corrected chi connectivity index (χ2v) is 14.0. The highest BCUT2D eigenvalue weighted by atomic mass is 16.6. The fourth-order valence-electron chi connectivity index (χ4n) is 5.72. The van der Waals surface area contributed by atoms with Crippen LogP contribution in [-0.4, -0.2) is 37.0 Å². The fourth-order valence-corrected chi connectivity index (χ4v) is 5.72. The lowest BCUT2D eigenvalue weighted by Gasteiger charge is -2.15. The highest BCUT2D eigenvalue weighted by Crippen LogP contribution is 2.13. The van der Waals surface area contributed by atoms with Crippen LogP contribution in [0.15, 0.2) is 85.1 Å². The van der Waals surface area contributed by atoms with Crippen molar-refractivity contribution >= 4 is 5.97 Å². The first-order valence-corrected chi connectivity index (χ1v) is 21.7. The number of hydrogen-bond acceptors (Lipinski definition) is 4. The lowest BCUT2D eigenvalue weighted by atomic mass is 10.1. The minimum Gasteiger partial charge on any atom is -0.457 e. The van der Waals surface area contributed by atoms with E-state index in [-0.39, 0.29) is 19.2 Å². The molecule has 0 spiro atoms. The van der Waals surface area contributed by atoms with Crippen molar-refractivity contribution in [3.05, 3.63) is 85.1 Å². The van der Waals surface area contributed by atoms with Crippen LogP contribution in [0.2, 0.25) is 0 Å². The molecule has 0 heterocycles. The van der Waals surface area contributed by atoms with Gasteiger partial charge in [-0.2, -0.15) is 0 Å². The van der Waals surface area contributed by atoms with E-state index in [9.17, 15) is 9.90 Å². The van der Waals surface area contributed by atoms with E-state index >= 15 is 0 Å². The number of carbonyl (C=O) groups excluding carboxylic acids is 1. The number of carbonyl (C=O) groups is 1. The Balaban J connectivity index is 3.48. The van der Waals surface area contributed by atoms with Gasteiger partial charge in [-0.05, 0) is 83.5 Å². The number of aliphatic hydroxyl groups excluding tert-OH is 1. The summed E-state index contributed by atoms with van der Waals surface area (Å²) in [5, 5.41) is 9.59. The number of hydrogen-bond donors (Lipinski definition) is 1. The van der Waals surface area contributed by atoms with Crippen LogP contribution in [-0.2, 0) is 14.3 Å². The molecule has 0 fully saturated rings. The summed E-state index contributed by atoms with van der Waals surface area (Å²) in [4.78, 5) is 12.2. The number of ether oxygens (including phenoxy) is 2. The van der Waals surface area contributed by atoms with Gasteiger partial charge in [0.05, 0.1) is 13.2 Å². The normalized spacial score (nSPS) is 13.2. The molecular formula is C48H82O4. The van der Waals surface area contributed by atoms with E-state index in [2.05, 4.69) is 98.9 Å². The van der Waals surface area contributed by atoms with Crippen molar-refractivity contribution in [1.82, 2.24) is 0 Å². The molecule has 0 rings (SSSR count). The van der Waals surface area contributed by atoms with Gasteiger partial charge in [-0.25, -0.2) is 0 Å². The number of aliphatic hydroxyl groups is 1. The summed E-state index contributed by atoms with van der Waals surface area (Å²) < 4.78 is 11.1. The van der Waals surface area contributed by atoms with Gasteiger partial charge in [0.2, 0.25) is 0 Å². The van der Waals surface area contributed by atoms with Crippen LogP contribution in [0, 0.1) is 0 Å². The van der Waals surface area contributed by atoms with Crippen LogP contribution in [0.1, 0.15) is 187 Å². The zero-order chi connectivity index (χ0) is 37.7. The predicted octanol–water partition coefficient (Wildman–Crippen LogP) is 14.4. The van der Waals surface area contributed by atoms with Crippen molar-refractivity contribution < 1.29 is 19.4 Å². The Bertz CT molecular complexity index is 938. The van der Waals surface area contributed by atoms with Gasteiger partial charge in [0.1, 0.15) is 6.10 Å². The molecule has 298 valence electrons. The van der Waals surface area contributed by atoms with Crippen molar-refractivity contribution in [3.8, 4) is 0 Å². The molecule has 52 heavy (non-hydrogen) atoms. The van der Waals surface area contributed by atoms with Crippen LogP contribution in [0.25, 0.3) is 0 Å². The van der Waals surface area contributed by atoms with E-state index in [1.807, 2.05) is 0 Å². The van der Waals surface area contributed by atoms with E-state index in [0.29, 0.717) is 13.0 Å². The molecule has 0 aliphatic heterocycles. The third-order valence-corrected chi connectivity index (χ3v) is 8.95. The highest BCUT2D eigenvalue weighted by molar-refractivity contribution is 5.69. The molecule has 0 aromatic heterocycles. The topological polar surface area (TPSA) is 55.8 Å². The summed E-state index contributed by atoms with van der Waals surface area (Å²) in [5.41, 5.74) is 0. The predicted molar refractivity (Wildman–Crippen MR) is 228 cm³/mol. The first-order valence-electron chi connectivity index (χ1n) is 21.7. The molecule has 4 nitrogen and oxygen atoms in total. The molecule has 1 atom stereocenters. The molecule has 0 aliphatic rings. The van der Waals surface area contributed by atoms with Gasteiger partial charge >= 0.3 is 5.97 Å². The molecule has 1 N–H and O–H groups in total. The third kappa shape index (κ3) is 42.0. The number of rotatable bonds is 39. The lowest BCUT2D eigenvalue weighted by molar-refractivity contribution is -0.154. The SMILES string of the molecule is CC/C=C\C/C=C\C/C=C\C/C=C\C/C=C\CCCCCCCCCCCCOCC(CO)OC(=O)CCCCCCC/C=C\C/C=C\CCCC. The molecule has 0 saturated heterocycles. The molecular weight excluding hydrogens is 641 g/mol. The van der Waals surface area contributed by atoms with Crippen LogP contribution >= 0.6 is 0 Å². The minimum atomic E-state index is -0.548. The van der Waals surface area contributed by atoms with Crippen molar-refractivity contribution in [1.29, 1.82) is 0 Å². The molecule has 4 heteroatoms. The monoisotopic (exact) mass is 723 g/mol. The van der Waals surface area contributed by atoms with Crippen molar-refractivity contribution in [2.45, 2.75) is 193 Å². The molecule has 0 aliphatic carbocycles. The molecule has 0 amide bonds. The number of allylic oxidation sites excluding steroid dienone is 14. The Hall–Kier alpha value is -2.43. The molecule has 0 bridgehead atoms. The largest absolute Gasteiger partial charge is 0.457 e. The van der Waals surface area contributed by atoms with Gasteiger partial charge in [-0.3, -0.25) is 4.79 Å². The van der Waals surface area contributed by atoms with Crippen LogP contribution in [0.4, 0.5) is 0 Å². The smallest absolute Gasteiger partial charge is 0.306 e. The van der Waals surface area contributed by atoms with Gasteiger partial charge in [-0.15, -0.1) is 0 Å². The summed E-state index contributed by atoms with van der Waals surface area (Å²) in [6.07, 6.45) is 62.1. The molecule has 0 radical (unpaired) electrons. The second kappa shape index (κ2) is 44.7. The van der Waals surface area contributed by atoms with E-state index < -0.39 is 6.10 Å². The zero-order valence-corrected chi connectivity index (χ0v) is 34.0. The summed E-state index contributed by atoms with van der Waals surface area (Å²) in [7, 11) is 0. The summed E-state index contributed by atoms with van der Waals surface area (Å²) >= 11 is 0. The average molecular weight is 723 g/mol. The van der Waals surface area contributed by atoms with Crippen LogP contribution in [0.3, 0.4) is 0 Å². The molecule has 0 aromatic carbocycles. The lowest BCUT2D eigenvalue weighted by Crippen LogP contribution is -2.27. The maximum absolute atomic E-state index is 12.2. The van der Waals surface area contributed by atoms with Crippen LogP contribution < -0.4 is 0 Å². The van der Waals surface area contributed by atoms with Crippen molar-refractivity contribution in [2.24, 2.45) is 0 Å². The first-order chi connectivity index (χ1) is 25.7. The fraction of sp³-hybridized carbons (Fsp3) is 0.688. The summed E-state index contributed by atoms with van der Waals surface area (Å²) in [5.74, 6) is -0.220. The zero-order valence-electron chi connectivity index (χ0n) is 34.0. The summed E-state index contributed by atoms with van der Waals surface area (Å²) in [6.45, 7) is 5.16. The summed E-state index contributed by atoms with van der Waals surface area (Å²) in [6, 6.07) is 0. The average Bonchev–Trinajstić information content (AvgIpc) is 3.15. The molecule has 0 saturated carbocycles. The van der Waals surface area contributed by atoms with Gasteiger partial charge in [-0.1, -0.05) is 182 Å². The Kier molecular flexibility index (Phi) is 42.6. The Morgan fingerprint density at radius 3 is 1.31 bits per heavy atom. The third-order valence-electron chi connectivity index (χ3n) is 8.95.